The van der Waals surface area contributed by atoms with E-state index in [1.54, 1.807) is 6.07 Å². The highest BCUT2D eigenvalue weighted by Crippen LogP contribution is 2.18. The van der Waals surface area contributed by atoms with E-state index < -0.39 is 5.82 Å². The van der Waals surface area contributed by atoms with E-state index in [1.165, 1.54) is 12.1 Å². The zero-order valence-corrected chi connectivity index (χ0v) is 7.72. The van der Waals surface area contributed by atoms with Gasteiger partial charge in [0, 0.05) is 12.6 Å². The van der Waals surface area contributed by atoms with Gasteiger partial charge in [-0.05, 0) is 17.7 Å². The summed E-state index contributed by atoms with van der Waals surface area (Å²) in [5.74, 6) is -1.04. The topological polar surface area (TPSA) is 72.3 Å². The van der Waals surface area contributed by atoms with Crippen molar-refractivity contribution in [3.63, 3.8) is 0 Å². The number of nitrogens with two attached hydrogens (primary N) is 2. The molecular weight excluding hydrogens is 195 g/mol. The van der Waals surface area contributed by atoms with Crippen LogP contribution in [0.25, 0.3) is 0 Å². The largest absolute Gasteiger partial charge is 0.505 e. The van der Waals surface area contributed by atoms with Crippen LogP contribution in [0.4, 0.5) is 4.39 Å². The molecule has 74 valence electrons. The summed E-state index contributed by atoms with van der Waals surface area (Å²) in [6, 6.07) is 3.63. The van der Waals surface area contributed by atoms with Crippen molar-refractivity contribution in [1.82, 2.24) is 0 Å². The second kappa shape index (κ2) is 5.01. The summed E-state index contributed by atoms with van der Waals surface area (Å²) in [5.41, 5.74) is 11.4. The van der Waals surface area contributed by atoms with Crippen molar-refractivity contribution in [2.24, 2.45) is 11.5 Å². The van der Waals surface area contributed by atoms with Crippen molar-refractivity contribution < 1.29 is 9.50 Å². The Balaban J connectivity index is 0.00000144. The second-order valence-electron chi connectivity index (χ2n) is 2.55. The Morgan fingerprint density at radius 3 is 2.54 bits per heavy atom. The van der Waals surface area contributed by atoms with Crippen LogP contribution in [-0.2, 0) is 0 Å². The highest BCUT2D eigenvalue weighted by atomic mass is 35.5. The first-order valence-electron chi connectivity index (χ1n) is 3.59. The maximum atomic E-state index is 12.7. The number of aromatic hydroxyl groups is 1. The number of hydrogen-bond donors (Lipinski definition) is 3. The van der Waals surface area contributed by atoms with Crippen LogP contribution in [0.1, 0.15) is 11.6 Å². The summed E-state index contributed by atoms with van der Waals surface area (Å²) in [7, 11) is 0. The fourth-order valence-electron chi connectivity index (χ4n) is 0.890. The van der Waals surface area contributed by atoms with Gasteiger partial charge in [0.05, 0.1) is 0 Å². The van der Waals surface area contributed by atoms with Crippen LogP contribution in [0, 0.1) is 5.82 Å². The Morgan fingerprint density at radius 1 is 1.46 bits per heavy atom. The molecule has 0 saturated carbocycles. The lowest BCUT2D eigenvalue weighted by Gasteiger charge is -2.08. The number of hydrogen-bond acceptors (Lipinski definition) is 3. The van der Waals surface area contributed by atoms with Crippen LogP contribution in [0.5, 0.6) is 5.75 Å². The third-order valence-electron chi connectivity index (χ3n) is 1.65. The Labute approximate surface area is 82.0 Å². The third kappa shape index (κ3) is 2.84. The fourth-order valence-corrected chi connectivity index (χ4v) is 0.890. The maximum Gasteiger partial charge on any atom is 0.165 e. The minimum atomic E-state index is -0.670. The molecule has 0 aliphatic heterocycles. The highest BCUT2D eigenvalue weighted by molar-refractivity contribution is 5.85. The summed E-state index contributed by atoms with van der Waals surface area (Å²) in [6.45, 7) is 0.254. The molecule has 0 aliphatic carbocycles. The molecule has 0 aliphatic rings. The van der Waals surface area contributed by atoms with Gasteiger partial charge in [-0.3, -0.25) is 0 Å². The lowest BCUT2D eigenvalue weighted by Crippen LogP contribution is -2.20. The van der Waals surface area contributed by atoms with Gasteiger partial charge in [0.25, 0.3) is 0 Å². The second-order valence-corrected chi connectivity index (χ2v) is 2.55. The molecule has 0 unspecified atom stereocenters. The average Bonchev–Trinajstić information content (AvgIpc) is 2.08. The molecule has 0 heterocycles. The number of phenolic OH excluding ortho intramolecular Hbond substituents is 1. The van der Waals surface area contributed by atoms with Gasteiger partial charge in [0.1, 0.15) is 0 Å². The van der Waals surface area contributed by atoms with Gasteiger partial charge < -0.3 is 16.6 Å². The molecule has 1 rings (SSSR count). The average molecular weight is 207 g/mol. The van der Waals surface area contributed by atoms with Crippen LogP contribution in [-0.4, -0.2) is 11.7 Å². The molecule has 3 nitrogen and oxygen atoms in total. The Morgan fingerprint density at radius 2 is 2.08 bits per heavy atom. The zero-order chi connectivity index (χ0) is 9.14. The highest BCUT2D eigenvalue weighted by Gasteiger charge is 2.06. The van der Waals surface area contributed by atoms with Gasteiger partial charge in [0.15, 0.2) is 11.6 Å². The number of rotatable bonds is 2. The first-order valence-corrected chi connectivity index (χ1v) is 3.59. The van der Waals surface area contributed by atoms with Crippen molar-refractivity contribution in [2.45, 2.75) is 6.04 Å². The van der Waals surface area contributed by atoms with E-state index >= 15 is 0 Å². The van der Waals surface area contributed by atoms with E-state index in [-0.39, 0.29) is 30.7 Å². The molecule has 13 heavy (non-hydrogen) atoms. The zero-order valence-electron chi connectivity index (χ0n) is 6.90. The molecule has 1 aromatic carbocycles. The minimum absolute atomic E-state index is 0. The smallest absolute Gasteiger partial charge is 0.165 e. The molecule has 0 aromatic heterocycles. The lowest BCUT2D eigenvalue weighted by molar-refractivity contribution is 0.431. The van der Waals surface area contributed by atoms with Crippen molar-refractivity contribution in [3.8, 4) is 5.75 Å². The Hall–Kier alpha value is -0.840. The van der Waals surface area contributed by atoms with Crippen molar-refractivity contribution in [3.05, 3.63) is 29.6 Å². The van der Waals surface area contributed by atoms with Crippen molar-refractivity contribution >= 4 is 12.4 Å². The Bertz CT molecular complexity index is 283. The van der Waals surface area contributed by atoms with Gasteiger partial charge in [0.2, 0.25) is 0 Å². The summed E-state index contributed by atoms with van der Waals surface area (Å²) in [4.78, 5) is 0. The molecule has 0 saturated heterocycles. The van der Waals surface area contributed by atoms with Gasteiger partial charge in [-0.15, -0.1) is 12.4 Å². The molecular formula is C8H12ClFN2O. The molecule has 0 spiro atoms. The SMILES string of the molecule is Cl.NC[C@H](N)c1ccc(O)c(F)c1. The van der Waals surface area contributed by atoms with E-state index in [0.29, 0.717) is 5.56 Å². The van der Waals surface area contributed by atoms with Gasteiger partial charge >= 0.3 is 0 Å². The predicted octanol–water partition coefficient (Wildman–Crippen LogP) is 0.912. The summed E-state index contributed by atoms with van der Waals surface area (Å²) in [6.07, 6.45) is 0. The first-order chi connectivity index (χ1) is 5.65. The molecule has 5 heteroatoms. The van der Waals surface area contributed by atoms with Crippen LogP contribution in [0.2, 0.25) is 0 Å². The van der Waals surface area contributed by atoms with E-state index in [0.717, 1.165) is 0 Å². The summed E-state index contributed by atoms with van der Waals surface area (Å²) < 4.78 is 12.7. The fraction of sp³-hybridized carbons (Fsp3) is 0.250. The van der Waals surface area contributed by atoms with E-state index in [1.807, 2.05) is 0 Å². The monoisotopic (exact) mass is 206 g/mol. The minimum Gasteiger partial charge on any atom is -0.505 e. The molecule has 0 bridgehead atoms. The number of phenols is 1. The molecule has 0 amide bonds. The molecule has 1 atom stereocenters. The molecule has 1 aromatic rings. The van der Waals surface area contributed by atoms with Crippen molar-refractivity contribution in [2.75, 3.05) is 6.54 Å². The van der Waals surface area contributed by atoms with E-state index in [2.05, 4.69) is 0 Å². The van der Waals surface area contributed by atoms with Crippen LogP contribution in [0.15, 0.2) is 18.2 Å². The summed E-state index contributed by atoms with van der Waals surface area (Å²) >= 11 is 0. The van der Waals surface area contributed by atoms with Crippen LogP contribution >= 0.6 is 12.4 Å². The number of benzene rings is 1. The van der Waals surface area contributed by atoms with Gasteiger partial charge in [-0.1, -0.05) is 6.07 Å². The summed E-state index contributed by atoms with van der Waals surface area (Å²) in [5, 5.41) is 8.85. The van der Waals surface area contributed by atoms with E-state index in [9.17, 15) is 4.39 Å². The molecule has 0 radical (unpaired) electrons. The van der Waals surface area contributed by atoms with Crippen molar-refractivity contribution in [1.29, 1.82) is 0 Å². The normalized spacial score (nSPS) is 11.9. The van der Waals surface area contributed by atoms with Crippen LogP contribution < -0.4 is 11.5 Å². The van der Waals surface area contributed by atoms with Gasteiger partial charge in [-0.2, -0.15) is 0 Å². The molecule has 5 N–H and O–H groups in total. The predicted molar refractivity (Wildman–Crippen MR) is 51.3 cm³/mol. The standard InChI is InChI=1S/C8H11FN2O.ClH/c9-6-3-5(7(11)4-10)1-2-8(6)12;/h1-3,7,12H,4,10-11H2;1H/t7-;/m0./s1. The lowest BCUT2D eigenvalue weighted by atomic mass is 10.1. The van der Waals surface area contributed by atoms with Crippen LogP contribution in [0.3, 0.4) is 0 Å². The quantitative estimate of drug-likeness (QED) is 0.674. The first kappa shape index (κ1) is 12.2. The third-order valence-corrected chi connectivity index (χ3v) is 1.65. The molecule has 0 fully saturated rings. The van der Waals surface area contributed by atoms with Gasteiger partial charge in [-0.25, -0.2) is 4.39 Å². The Kier molecular flexibility index (Phi) is 4.69. The maximum absolute atomic E-state index is 12.7. The number of halogens is 2. The van der Waals surface area contributed by atoms with E-state index in [4.69, 9.17) is 16.6 Å².